The predicted octanol–water partition coefficient (Wildman–Crippen LogP) is 4.05. The molecular formula is C20H22ClN3O2. The van der Waals surface area contributed by atoms with E-state index in [0.717, 1.165) is 25.7 Å². The van der Waals surface area contributed by atoms with Crippen molar-refractivity contribution in [2.24, 2.45) is 11.7 Å². The lowest BCUT2D eigenvalue weighted by atomic mass is 9.85. The van der Waals surface area contributed by atoms with Crippen LogP contribution in [-0.4, -0.2) is 17.9 Å². The molecule has 6 heteroatoms. The van der Waals surface area contributed by atoms with Gasteiger partial charge < -0.3 is 16.4 Å². The standard InChI is InChI=1S/C20H22ClN3O2/c21-15-6-4-13(5-7-15)19(25)23-17-8-10-18(11-9-17)24-20(26)14-2-1-3-16(22)12-14/h4-11,14,16H,1-3,12,22H2,(H,23,25)(H,24,26). The highest BCUT2D eigenvalue weighted by Crippen LogP contribution is 2.25. The summed E-state index contributed by atoms with van der Waals surface area (Å²) in [5.41, 5.74) is 7.84. The number of nitrogens with one attached hydrogen (secondary N) is 2. The van der Waals surface area contributed by atoms with Crippen molar-refractivity contribution in [2.75, 3.05) is 10.6 Å². The minimum atomic E-state index is -0.213. The van der Waals surface area contributed by atoms with E-state index < -0.39 is 0 Å². The largest absolute Gasteiger partial charge is 0.328 e. The normalized spacial score (nSPS) is 19.6. The lowest BCUT2D eigenvalue weighted by molar-refractivity contribution is -0.120. The highest BCUT2D eigenvalue weighted by molar-refractivity contribution is 6.30. The highest BCUT2D eigenvalue weighted by Gasteiger charge is 2.25. The van der Waals surface area contributed by atoms with Crippen molar-refractivity contribution in [1.29, 1.82) is 0 Å². The van der Waals surface area contributed by atoms with E-state index in [2.05, 4.69) is 10.6 Å². The van der Waals surface area contributed by atoms with Gasteiger partial charge in [-0.05, 0) is 67.8 Å². The van der Waals surface area contributed by atoms with Gasteiger partial charge in [0.25, 0.3) is 5.91 Å². The lowest BCUT2D eigenvalue weighted by Crippen LogP contribution is -2.34. The molecule has 0 aromatic heterocycles. The fraction of sp³-hybridized carbons (Fsp3) is 0.300. The molecular weight excluding hydrogens is 350 g/mol. The van der Waals surface area contributed by atoms with Crippen LogP contribution in [0.5, 0.6) is 0 Å². The molecule has 2 amide bonds. The van der Waals surface area contributed by atoms with Crippen LogP contribution < -0.4 is 16.4 Å². The molecule has 5 nitrogen and oxygen atoms in total. The predicted molar refractivity (Wildman–Crippen MR) is 104 cm³/mol. The van der Waals surface area contributed by atoms with Crippen LogP contribution in [0, 0.1) is 5.92 Å². The molecule has 2 aromatic rings. The summed E-state index contributed by atoms with van der Waals surface area (Å²) in [4.78, 5) is 24.5. The van der Waals surface area contributed by atoms with Crippen LogP contribution in [-0.2, 0) is 4.79 Å². The number of carbonyl (C=O) groups excluding carboxylic acids is 2. The van der Waals surface area contributed by atoms with Gasteiger partial charge >= 0.3 is 0 Å². The fourth-order valence-electron chi connectivity index (χ4n) is 3.15. The molecule has 1 saturated carbocycles. The van der Waals surface area contributed by atoms with E-state index in [9.17, 15) is 9.59 Å². The van der Waals surface area contributed by atoms with E-state index >= 15 is 0 Å². The minimum absolute atomic E-state index is 0.0121. The maximum atomic E-state index is 12.3. The van der Waals surface area contributed by atoms with E-state index in [4.69, 9.17) is 17.3 Å². The van der Waals surface area contributed by atoms with Gasteiger partial charge in [-0.1, -0.05) is 18.0 Å². The van der Waals surface area contributed by atoms with E-state index in [1.165, 1.54) is 0 Å². The van der Waals surface area contributed by atoms with Gasteiger partial charge in [-0.2, -0.15) is 0 Å². The van der Waals surface area contributed by atoms with Gasteiger partial charge in [-0.25, -0.2) is 0 Å². The molecule has 2 atom stereocenters. The van der Waals surface area contributed by atoms with Gasteiger partial charge in [0.1, 0.15) is 0 Å². The third kappa shape index (κ3) is 4.84. The quantitative estimate of drug-likeness (QED) is 0.758. The summed E-state index contributed by atoms with van der Waals surface area (Å²) in [5, 5.41) is 6.33. The smallest absolute Gasteiger partial charge is 0.255 e. The summed E-state index contributed by atoms with van der Waals surface area (Å²) in [6.45, 7) is 0. The van der Waals surface area contributed by atoms with Crippen LogP contribution >= 0.6 is 11.6 Å². The average molecular weight is 372 g/mol. The molecule has 2 aromatic carbocycles. The van der Waals surface area contributed by atoms with Crippen LogP contribution in [0.3, 0.4) is 0 Å². The van der Waals surface area contributed by atoms with Crippen LogP contribution in [0.15, 0.2) is 48.5 Å². The number of rotatable bonds is 4. The Morgan fingerprint density at radius 3 is 2.15 bits per heavy atom. The van der Waals surface area contributed by atoms with Gasteiger partial charge in [0, 0.05) is 33.9 Å². The lowest BCUT2D eigenvalue weighted by Gasteiger charge is -2.25. The molecule has 1 fully saturated rings. The molecule has 0 saturated heterocycles. The molecule has 26 heavy (non-hydrogen) atoms. The van der Waals surface area contributed by atoms with E-state index in [1.54, 1.807) is 48.5 Å². The number of benzene rings is 2. The molecule has 0 bridgehead atoms. The second-order valence-corrected chi connectivity index (χ2v) is 7.09. The molecule has 2 unspecified atom stereocenters. The first-order valence-electron chi connectivity index (χ1n) is 8.74. The van der Waals surface area contributed by atoms with Crippen molar-refractivity contribution in [2.45, 2.75) is 31.7 Å². The van der Waals surface area contributed by atoms with Crippen LogP contribution in [0.1, 0.15) is 36.0 Å². The summed E-state index contributed by atoms with van der Waals surface area (Å²) in [5.74, 6) is -0.226. The van der Waals surface area contributed by atoms with Gasteiger partial charge in [0.15, 0.2) is 0 Å². The Labute approximate surface area is 157 Å². The Morgan fingerprint density at radius 1 is 0.923 bits per heavy atom. The molecule has 1 aliphatic carbocycles. The van der Waals surface area contributed by atoms with Gasteiger partial charge in [-0.3, -0.25) is 9.59 Å². The molecule has 0 radical (unpaired) electrons. The van der Waals surface area contributed by atoms with E-state index in [1.807, 2.05) is 0 Å². The molecule has 0 heterocycles. The number of nitrogens with two attached hydrogens (primary N) is 1. The summed E-state index contributed by atoms with van der Waals surface area (Å²) < 4.78 is 0. The van der Waals surface area contributed by atoms with Crippen molar-refractivity contribution in [3.05, 3.63) is 59.1 Å². The van der Waals surface area contributed by atoms with Crippen LogP contribution in [0.4, 0.5) is 11.4 Å². The Bertz CT molecular complexity index is 775. The van der Waals surface area contributed by atoms with Gasteiger partial charge in [-0.15, -0.1) is 0 Å². The monoisotopic (exact) mass is 371 g/mol. The van der Waals surface area contributed by atoms with Crippen molar-refractivity contribution < 1.29 is 9.59 Å². The molecule has 136 valence electrons. The first-order chi connectivity index (χ1) is 12.5. The zero-order valence-corrected chi connectivity index (χ0v) is 15.1. The second-order valence-electron chi connectivity index (χ2n) is 6.65. The van der Waals surface area contributed by atoms with E-state index in [0.29, 0.717) is 22.0 Å². The SMILES string of the molecule is NC1CCCC(C(=O)Nc2ccc(NC(=O)c3ccc(Cl)cc3)cc2)C1. The van der Waals surface area contributed by atoms with Gasteiger partial charge in [0.05, 0.1) is 0 Å². The Hall–Kier alpha value is -2.37. The maximum absolute atomic E-state index is 12.3. The number of hydrogen-bond donors (Lipinski definition) is 3. The summed E-state index contributed by atoms with van der Waals surface area (Å²) in [6, 6.07) is 13.9. The Morgan fingerprint density at radius 2 is 1.54 bits per heavy atom. The molecule has 0 spiro atoms. The molecule has 1 aliphatic rings. The second kappa shape index (κ2) is 8.34. The van der Waals surface area contributed by atoms with Crippen LogP contribution in [0.25, 0.3) is 0 Å². The van der Waals surface area contributed by atoms with Crippen molar-refractivity contribution in [3.63, 3.8) is 0 Å². The summed E-state index contributed by atoms with van der Waals surface area (Å²) in [6.07, 6.45) is 3.61. The summed E-state index contributed by atoms with van der Waals surface area (Å²) in [7, 11) is 0. The van der Waals surface area contributed by atoms with Crippen molar-refractivity contribution >= 4 is 34.8 Å². The van der Waals surface area contributed by atoms with E-state index in [-0.39, 0.29) is 23.8 Å². The zero-order chi connectivity index (χ0) is 18.5. The third-order valence-corrected chi connectivity index (χ3v) is 4.85. The number of carbonyl (C=O) groups is 2. The van der Waals surface area contributed by atoms with Gasteiger partial charge in [0.2, 0.25) is 5.91 Å². The molecule has 4 N–H and O–H groups in total. The first-order valence-corrected chi connectivity index (χ1v) is 9.12. The number of anilines is 2. The Kier molecular flexibility index (Phi) is 5.91. The highest BCUT2D eigenvalue weighted by atomic mass is 35.5. The fourth-order valence-corrected chi connectivity index (χ4v) is 3.28. The topological polar surface area (TPSA) is 84.2 Å². The number of halogens is 1. The summed E-state index contributed by atoms with van der Waals surface area (Å²) >= 11 is 5.83. The average Bonchev–Trinajstić information content (AvgIpc) is 2.64. The number of amides is 2. The maximum Gasteiger partial charge on any atom is 0.255 e. The van der Waals surface area contributed by atoms with Crippen LogP contribution in [0.2, 0.25) is 5.02 Å². The zero-order valence-electron chi connectivity index (χ0n) is 14.4. The minimum Gasteiger partial charge on any atom is -0.328 e. The van der Waals surface area contributed by atoms with Crippen molar-refractivity contribution in [3.8, 4) is 0 Å². The molecule has 3 rings (SSSR count). The molecule has 0 aliphatic heterocycles. The Balaban J connectivity index is 1.57. The first kappa shape index (κ1) is 18.4. The third-order valence-electron chi connectivity index (χ3n) is 4.60. The van der Waals surface area contributed by atoms with Crippen molar-refractivity contribution in [1.82, 2.24) is 0 Å². The number of hydrogen-bond acceptors (Lipinski definition) is 3.